The van der Waals surface area contributed by atoms with E-state index in [2.05, 4.69) is 5.32 Å². The molecule has 1 amide bonds. The minimum absolute atomic E-state index is 0.0704. The molecule has 0 saturated carbocycles. The predicted molar refractivity (Wildman–Crippen MR) is 78.7 cm³/mol. The fraction of sp³-hybridized carbons (Fsp3) is 0.600. The standard InChI is InChI=1S/C15H24N2O4/c1-14(2,13(19)20)15(3,4)16-9-12(18)17(5)10-11-7-6-8-21-11/h6-8,16H,9-10H2,1-5H3,(H,19,20). The van der Waals surface area contributed by atoms with Crippen molar-refractivity contribution in [1.82, 2.24) is 10.2 Å². The summed E-state index contributed by atoms with van der Waals surface area (Å²) < 4.78 is 5.19. The van der Waals surface area contributed by atoms with Crippen molar-refractivity contribution in [2.75, 3.05) is 13.6 Å². The largest absolute Gasteiger partial charge is 0.481 e. The van der Waals surface area contributed by atoms with Gasteiger partial charge in [-0.05, 0) is 39.8 Å². The van der Waals surface area contributed by atoms with Gasteiger partial charge in [0.2, 0.25) is 5.91 Å². The number of rotatable bonds is 7. The first-order valence-electron chi connectivity index (χ1n) is 6.82. The summed E-state index contributed by atoms with van der Waals surface area (Å²) in [6.45, 7) is 7.29. The molecule has 0 aliphatic carbocycles. The Morgan fingerprint density at radius 3 is 2.43 bits per heavy atom. The second-order valence-corrected chi connectivity index (χ2v) is 6.24. The second-order valence-electron chi connectivity index (χ2n) is 6.24. The molecular formula is C15H24N2O4. The maximum absolute atomic E-state index is 12.1. The lowest BCUT2D eigenvalue weighted by Crippen LogP contribution is -2.57. The lowest BCUT2D eigenvalue weighted by Gasteiger charge is -2.39. The van der Waals surface area contributed by atoms with Crippen LogP contribution in [0, 0.1) is 5.41 Å². The molecule has 118 valence electrons. The van der Waals surface area contributed by atoms with Crippen molar-refractivity contribution in [2.45, 2.75) is 39.8 Å². The topological polar surface area (TPSA) is 82.8 Å². The fourth-order valence-corrected chi connectivity index (χ4v) is 1.64. The number of nitrogens with one attached hydrogen (secondary N) is 1. The third-order valence-electron chi connectivity index (χ3n) is 4.18. The molecular weight excluding hydrogens is 272 g/mol. The molecule has 21 heavy (non-hydrogen) atoms. The maximum atomic E-state index is 12.1. The van der Waals surface area contributed by atoms with Crippen LogP contribution in [0.1, 0.15) is 33.5 Å². The summed E-state index contributed by atoms with van der Waals surface area (Å²) in [5.74, 6) is -0.326. The number of carbonyl (C=O) groups excluding carboxylic acids is 1. The molecule has 0 atom stereocenters. The number of furan rings is 1. The van der Waals surface area contributed by atoms with Crippen molar-refractivity contribution < 1.29 is 19.1 Å². The minimum atomic E-state index is -0.993. The quantitative estimate of drug-likeness (QED) is 0.800. The molecule has 0 saturated heterocycles. The van der Waals surface area contributed by atoms with Gasteiger partial charge in [-0.25, -0.2) is 0 Å². The van der Waals surface area contributed by atoms with Gasteiger partial charge in [0.1, 0.15) is 5.76 Å². The fourth-order valence-electron chi connectivity index (χ4n) is 1.64. The highest BCUT2D eigenvalue weighted by molar-refractivity contribution is 5.79. The number of carboxylic acids is 1. The van der Waals surface area contributed by atoms with Crippen molar-refractivity contribution in [3.05, 3.63) is 24.2 Å². The number of amides is 1. The maximum Gasteiger partial charge on any atom is 0.310 e. The average molecular weight is 296 g/mol. The van der Waals surface area contributed by atoms with Crippen LogP contribution in [0.2, 0.25) is 0 Å². The van der Waals surface area contributed by atoms with Crippen LogP contribution in [0.15, 0.2) is 22.8 Å². The van der Waals surface area contributed by atoms with Gasteiger partial charge in [0.05, 0.1) is 24.8 Å². The van der Waals surface area contributed by atoms with Gasteiger partial charge in [0.25, 0.3) is 0 Å². The molecule has 0 unspecified atom stereocenters. The number of hydrogen-bond acceptors (Lipinski definition) is 4. The molecule has 0 aliphatic heterocycles. The number of nitrogens with zero attached hydrogens (tertiary/aromatic N) is 1. The van der Waals surface area contributed by atoms with E-state index in [0.29, 0.717) is 12.3 Å². The molecule has 1 heterocycles. The summed E-state index contributed by atoms with van der Waals surface area (Å²) in [6.07, 6.45) is 1.56. The Kier molecular flexibility index (Phi) is 5.17. The van der Waals surface area contributed by atoms with Crippen molar-refractivity contribution in [2.24, 2.45) is 5.41 Å². The number of likely N-dealkylation sites (N-methyl/N-ethyl adjacent to an activating group) is 1. The van der Waals surface area contributed by atoms with Gasteiger partial charge in [-0.3, -0.25) is 9.59 Å². The summed E-state index contributed by atoms with van der Waals surface area (Å²) in [4.78, 5) is 24.9. The lowest BCUT2D eigenvalue weighted by molar-refractivity contribution is -0.151. The van der Waals surface area contributed by atoms with E-state index >= 15 is 0 Å². The van der Waals surface area contributed by atoms with Gasteiger partial charge >= 0.3 is 5.97 Å². The zero-order valence-electron chi connectivity index (χ0n) is 13.3. The molecule has 6 nitrogen and oxygen atoms in total. The van der Waals surface area contributed by atoms with Crippen LogP contribution >= 0.6 is 0 Å². The normalized spacial score (nSPS) is 12.2. The van der Waals surface area contributed by atoms with Gasteiger partial charge < -0.3 is 19.7 Å². The van der Waals surface area contributed by atoms with Crippen LogP contribution in [0.25, 0.3) is 0 Å². The Balaban J connectivity index is 2.57. The molecule has 0 aromatic carbocycles. The second kappa shape index (κ2) is 6.30. The molecule has 1 aromatic rings. The molecule has 0 fully saturated rings. The molecule has 0 aliphatic rings. The van der Waals surface area contributed by atoms with Gasteiger partial charge in [-0.2, -0.15) is 0 Å². The highest BCUT2D eigenvalue weighted by Crippen LogP contribution is 2.30. The molecule has 6 heteroatoms. The Labute approximate surface area is 125 Å². The van der Waals surface area contributed by atoms with E-state index in [0.717, 1.165) is 0 Å². The van der Waals surface area contributed by atoms with E-state index in [4.69, 9.17) is 4.42 Å². The summed E-state index contributed by atoms with van der Waals surface area (Å²) in [5, 5.41) is 12.3. The zero-order valence-corrected chi connectivity index (χ0v) is 13.3. The van der Waals surface area contributed by atoms with E-state index in [9.17, 15) is 14.7 Å². The van der Waals surface area contributed by atoms with E-state index in [-0.39, 0.29) is 12.5 Å². The van der Waals surface area contributed by atoms with Gasteiger partial charge in [0, 0.05) is 12.6 Å². The number of carbonyl (C=O) groups is 2. The molecule has 1 aromatic heterocycles. The van der Waals surface area contributed by atoms with Crippen LogP contribution < -0.4 is 5.32 Å². The summed E-state index contributed by atoms with van der Waals surface area (Å²) >= 11 is 0. The molecule has 2 N–H and O–H groups in total. The Morgan fingerprint density at radius 1 is 1.33 bits per heavy atom. The van der Waals surface area contributed by atoms with Crippen molar-refractivity contribution >= 4 is 11.9 Å². The van der Waals surface area contributed by atoms with Gasteiger partial charge in [0.15, 0.2) is 0 Å². The van der Waals surface area contributed by atoms with E-state index < -0.39 is 16.9 Å². The van der Waals surface area contributed by atoms with Crippen molar-refractivity contribution in [3.8, 4) is 0 Å². The minimum Gasteiger partial charge on any atom is -0.481 e. The Bertz CT molecular complexity index is 492. The van der Waals surface area contributed by atoms with Crippen molar-refractivity contribution in [3.63, 3.8) is 0 Å². The van der Waals surface area contributed by atoms with E-state index in [1.54, 1.807) is 53.1 Å². The van der Waals surface area contributed by atoms with Crippen LogP contribution in [-0.2, 0) is 16.1 Å². The zero-order chi connectivity index (χ0) is 16.3. The molecule has 0 spiro atoms. The highest BCUT2D eigenvalue weighted by Gasteiger charge is 2.43. The summed E-state index contributed by atoms with van der Waals surface area (Å²) in [7, 11) is 1.68. The first-order valence-corrected chi connectivity index (χ1v) is 6.82. The average Bonchev–Trinajstić information content (AvgIpc) is 2.88. The van der Waals surface area contributed by atoms with Gasteiger partial charge in [-0.1, -0.05) is 0 Å². The first-order chi connectivity index (χ1) is 9.58. The predicted octanol–water partition coefficient (Wildman–Crippen LogP) is 1.72. The third-order valence-corrected chi connectivity index (χ3v) is 4.18. The Morgan fingerprint density at radius 2 is 1.95 bits per heavy atom. The smallest absolute Gasteiger partial charge is 0.310 e. The monoisotopic (exact) mass is 296 g/mol. The SMILES string of the molecule is CN(Cc1ccco1)C(=O)CNC(C)(C)C(C)(C)C(=O)O. The number of aliphatic carboxylic acids is 1. The van der Waals surface area contributed by atoms with Crippen LogP contribution in [0.5, 0.6) is 0 Å². The lowest BCUT2D eigenvalue weighted by atomic mass is 9.74. The number of carboxylic acid groups (broad SMARTS) is 1. The number of hydrogen-bond donors (Lipinski definition) is 2. The third kappa shape index (κ3) is 4.07. The molecule has 0 radical (unpaired) electrons. The van der Waals surface area contributed by atoms with Gasteiger partial charge in [-0.15, -0.1) is 0 Å². The van der Waals surface area contributed by atoms with Crippen LogP contribution in [0.4, 0.5) is 0 Å². The molecule has 1 rings (SSSR count). The van der Waals surface area contributed by atoms with Crippen LogP contribution in [-0.4, -0.2) is 41.0 Å². The highest BCUT2D eigenvalue weighted by atomic mass is 16.4. The summed E-state index contributed by atoms with van der Waals surface area (Å²) in [6, 6.07) is 3.57. The Hall–Kier alpha value is -1.82. The van der Waals surface area contributed by atoms with Crippen LogP contribution in [0.3, 0.4) is 0 Å². The first kappa shape index (κ1) is 17.2. The van der Waals surface area contributed by atoms with E-state index in [1.807, 2.05) is 0 Å². The van der Waals surface area contributed by atoms with Crippen molar-refractivity contribution in [1.29, 1.82) is 0 Å². The molecule has 0 bridgehead atoms. The summed E-state index contributed by atoms with van der Waals surface area (Å²) in [5.41, 5.74) is -1.72. The van der Waals surface area contributed by atoms with E-state index in [1.165, 1.54) is 4.90 Å².